The second-order valence-corrected chi connectivity index (χ2v) is 4.35. The van der Waals surface area contributed by atoms with Crippen LogP contribution >= 0.6 is 0 Å². The molecule has 1 aliphatic rings. The van der Waals surface area contributed by atoms with E-state index in [0.29, 0.717) is 12.8 Å². The van der Waals surface area contributed by atoms with Crippen LogP contribution in [0.15, 0.2) is 0 Å². The Balaban J connectivity index is 2.61. The van der Waals surface area contributed by atoms with Crippen molar-refractivity contribution < 1.29 is 14.7 Å². The number of ketones is 1. The maximum atomic E-state index is 11.4. The van der Waals surface area contributed by atoms with Gasteiger partial charge in [-0.05, 0) is 18.3 Å². The molecule has 3 nitrogen and oxygen atoms in total. The van der Waals surface area contributed by atoms with E-state index in [9.17, 15) is 9.59 Å². The summed E-state index contributed by atoms with van der Waals surface area (Å²) >= 11 is 0. The lowest BCUT2D eigenvalue weighted by atomic mass is 9.78. The first-order valence-corrected chi connectivity index (χ1v) is 5.31. The molecule has 1 rings (SSSR count). The van der Waals surface area contributed by atoms with Gasteiger partial charge < -0.3 is 5.11 Å². The van der Waals surface area contributed by atoms with Crippen molar-refractivity contribution in [1.29, 1.82) is 0 Å². The minimum absolute atomic E-state index is 0.165. The second kappa shape index (κ2) is 4.58. The summed E-state index contributed by atoms with van der Waals surface area (Å²) in [5.74, 6) is -0.566. The first-order chi connectivity index (χ1) is 6.58. The van der Waals surface area contributed by atoms with Gasteiger partial charge in [0.1, 0.15) is 5.78 Å². The summed E-state index contributed by atoms with van der Waals surface area (Å²) in [6.45, 7) is 1.84. The smallest absolute Gasteiger partial charge is 0.303 e. The molecule has 0 bridgehead atoms. The molecule has 3 heteroatoms. The molecule has 0 aromatic carbocycles. The maximum Gasteiger partial charge on any atom is 0.303 e. The van der Waals surface area contributed by atoms with Crippen molar-refractivity contribution in [3.63, 3.8) is 0 Å². The van der Waals surface area contributed by atoms with Crippen LogP contribution in [0.2, 0.25) is 0 Å². The Hall–Kier alpha value is -0.860. The highest BCUT2D eigenvalue weighted by Gasteiger charge is 2.37. The van der Waals surface area contributed by atoms with Crippen LogP contribution in [0.25, 0.3) is 0 Å². The highest BCUT2D eigenvalue weighted by atomic mass is 16.4. The SMILES string of the molecule is CCC(=O)CC1(CC(=O)O)CCCC1. The number of carboxylic acids is 1. The minimum atomic E-state index is -0.768. The van der Waals surface area contributed by atoms with Crippen LogP contribution in [0.5, 0.6) is 0 Å². The number of aliphatic carboxylic acids is 1. The zero-order valence-electron chi connectivity index (χ0n) is 8.71. The maximum absolute atomic E-state index is 11.4. The largest absolute Gasteiger partial charge is 0.481 e. The third-order valence-corrected chi connectivity index (χ3v) is 3.16. The molecule has 0 heterocycles. The third-order valence-electron chi connectivity index (χ3n) is 3.16. The van der Waals surface area contributed by atoms with Gasteiger partial charge in [0.2, 0.25) is 0 Å². The molecule has 0 radical (unpaired) electrons. The minimum Gasteiger partial charge on any atom is -0.481 e. The zero-order chi connectivity index (χ0) is 10.6. The van der Waals surface area contributed by atoms with E-state index in [-0.39, 0.29) is 17.6 Å². The molecule has 0 aromatic heterocycles. The van der Waals surface area contributed by atoms with E-state index >= 15 is 0 Å². The van der Waals surface area contributed by atoms with Gasteiger partial charge in [0.05, 0.1) is 6.42 Å². The first kappa shape index (κ1) is 11.2. The van der Waals surface area contributed by atoms with Crippen molar-refractivity contribution in [2.75, 3.05) is 0 Å². The number of carbonyl (C=O) groups excluding carboxylic acids is 1. The van der Waals surface area contributed by atoms with Crippen LogP contribution in [-0.4, -0.2) is 16.9 Å². The summed E-state index contributed by atoms with van der Waals surface area (Å²) in [4.78, 5) is 22.1. The van der Waals surface area contributed by atoms with Crippen LogP contribution in [-0.2, 0) is 9.59 Å². The van der Waals surface area contributed by atoms with Crippen LogP contribution < -0.4 is 0 Å². The van der Waals surface area contributed by atoms with E-state index < -0.39 is 5.97 Å². The van der Waals surface area contributed by atoms with Crippen LogP contribution in [0.1, 0.15) is 51.9 Å². The molecule has 0 unspecified atom stereocenters. The van der Waals surface area contributed by atoms with E-state index in [1.54, 1.807) is 0 Å². The molecule has 0 amide bonds. The lowest BCUT2D eigenvalue weighted by molar-refractivity contribution is -0.140. The van der Waals surface area contributed by atoms with Gasteiger partial charge in [0, 0.05) is 12.8 Å². The average Bonchev–Trinajstić information content (AvgIpc) is 2.51. The van der Waals surface area contributed by atoms with E-state index in [1.807, 2.05) is 6.92 Å². The first-order valence-electron chi connectivity index (χ1n) is 5.31. The average molecular weight is 198 g/mol. The number of carboxylic acid groups (broad SMARTS) is 1. The lowest BCUT2D eigenvalue weighted by Crippen LogP contribution is -2.24. The van der Waals surface area contributed by atoms with Gasteiger partial charge in [0.25, 0.3) is 0 Å². The van der Waals surface area contributed by atoms with Crippen molar-refractivity contribution in [1.82, 2.24) is 0 Å². The van der Waals surface area contributed by atoms with E-state index in [0.717, 1.165) is 25.7 Å². The topological polar surface area (TPSA) is 54.4 Å². The number of hydrogen-bond donors (Lipinski definition) is 1. The summed E-state index contributed by atoms with van der Waals surface area (Å²) < 4.78 is 0. The monoisotopic (exact) mass is 198 g/mol. The molecular weight excluding hydrogens is 180 g/mol. The van der Waals surface area contributed by atoms with Crippen LogP contribution in [0.3, 0.4) is 0 Å². The molecule has 0 atom stereocenters. The van der Waals surface area contributed by atoms with Gasteiger partial charge >= 0.3 is 5.97 Å². The Bertz CT molecular complexity index is 227. The van der Waals surface area contributed by atoms with Gasteiger partial charge in [-0.2, -0.15) is 0 Å². The van der Waals surface area contributed by atoms with Crippen LogP contribution in [0.4, 0.5) is 0 Å². The molecule has 80 valence electrons. The van der Waals surface area contributed by atoms with Gasteiger partial charge in [-0.25, -0.2) is 0 Å². The van der Waals surface area contributed by atoms with Gasteiger partial charge in [-0.3, -0.25) is 9.59 Å². The Morgan fingerprint density at radius 1 is 1.21 bits per heavy atom. The Morgan fingerprint density at radius 3 is 2.21 bits per heavy atom. The third kappa shape index (κ3) is 2.82. The molecule has 14 heavy (non-hydrogen) atoms. The molecular formula is C11H18O3. The fourth-order valence-corrected chi connectivity index (χ4v) is 2.41. The standard InChI is InChI=1S/C11H18O3/c1-2-9(12)7-11(8-10(13)14)5-3-4-6-11/h2-8H2,1H3,(H,13,14). The predicted octanol–water partition coefficient (Wildman–Crippen LogP) is 2.39. The van der Waals surface area contributed by atoms with Crippen LogP contribution in [0, 0.1) is 5.41 Å². The quantitative estimate of drug-likeness (QED) is 0.738. The van der Waals surface area contributed by atoms with E-state index in [4.69, 9.17) is 5.11 Å². The Labute approximate surface area is 84.5 Å². The normalized spacial score (nSPS) is 19.5. The predicted molar refractivity (Wildman–Crippen MR) is 53.1 cm³/mol. The van der Waals surface area contributed by atoms with Crippen molar-refractivity contribution >= 4 is 11.8 Å². The Kier molecular flexibility index (Phi) is 3.67. The summed E-state index contributed by atoms with van der Waals surface area (Å²) in [6.07, 6.45) is 5.13. The summed E-state index contributed by atoms with van der Waals surface area (Å²) in [5, 5.41) is 8.81. The van der Waals surface area contributed by atoms with E-state index in [1.165, 1.54) is 0 Å². The number of rotatable bonds is 5. The van der Waals surface area contributed by atoms with Gasteiger partial charge in [-0.1, -0.05) is 19.8 Å². The highest BCUT2D eigenvalue weighted by molar-refractivity contribution is 5.79. The van der Waals surface area contributed by atoms with Crippen molar-refractivity contribution in [3.8, 4) is 0 Å². The molecule has 0 aromatic rings. The number of Topliss-reactive ketones (excluding diaryl/α,β-unsaturated/α-hetero) is 1. The van der Waals surface area contributed by atoms with Crippen molar-refractivity contribution in [2.45, 2.75) is 51.9 Å². The fraction of sp³-hybridized carbons (Fsp3) is 0.818. The molecule has 0 spiro atoms. The molecule has 1 fully saturated rings. The van der Waals surface area contributed by atoms with Gasteiger partial charge in [-0.15, -0.1) is 0 Å². The second-order valence-electron chi connectivity index (χ2n) is 4.35. The number of carbonyl (C=O) groups is 2. The fourth-order valence-electron chi connectivity index (χ4n) is 2.41. The van der Waals surface area contributed by atoms with Crippen molar-refractivity contribution in [3.05, 3.63) is 0 Å². The van der Waals surface area contributed by atoms with Crippen molar-refractivity contribution in [2.24, 2.45) is 5.41 Å². The summed E-state index contributed by atoms with van der Waals surface area (Å²) in [7, 11) is 0. The van der Waals surface area contributed by atoms with Gasteiger partial charge in [0.15, 0.2) is 0 Å². The molecule has 1 aliphatic carbocycles. The molecule has 0 saturated heterocycles. The van der Waals surface area contributed by atoms with E-state index in [2.05, 4.69) is 0 Å². The summed E-state index contributed by atoms with van der Waals surface area (Å²) in [5.41, 5.74) is -0.209. The summed E-state index contributed by atoms with van der Waals surface area (Å²) in [6, 6.07) is 0. The molecule has 1 saturated carbocycles. The molecule has 0 aliphatic heterocycles. The highest BCUT2D eigenvalue weighted by Crippen LogP contribution is 2.44. The Morgan fingerprint density at radius 2 is 1.79 bits per heavy atom. The lowest BCUT2D eigenvalue weighted by Gasteiger charge is -2.25. The molecule has 1 N–H and O–H groups in total. The zero-order valence-corrected chi connectivity index (χ0v) is 8.71. The number of hydrogen-bond acceptors (Lipinski definition) is 2.